The Labute approximate surface area is 199 Å². The van der Waals surface area contributed by atoms with Gasteiger partial charge in [0.05, 0.1) is 11.3 Å². The number of anilines is 1. The number of alkyl halides is 3. The van der Waals surface area contributed by atoms with Crippen molar-refractivity contribution in [1.82, 2.24) is 24.9 Å². The van der Waals surface area contributed by atoms with Gasteiger partial charge in [-0.1, -0.05) is 30.3 Å². The summed E-state index contributed by atoms with van der Waals surface area (Å²) in [5, 5.41) is 18.5. The van der Waals surface area contributed by atoms with Gasteiger partial charge in [0.25, 0.3) is 0 Å². The molecule has 0 amide bonds. The molecule has 3 heterocycles. The summed E-state index contributed by atoms with van der Waals surface area (Å²) in [6.45, 7) is 1.36. The van der Waals surface area contributed by atoms with Crippen LogP contribution in [0.2, 0.25) is 0 Å². The Balaban J connectivity index is 1.29. The first-order chi connectivity index (χ1) is 16.8. The van der Waals surface area contributed by atoms with E-state index in [1.807, 2.05) is 42.3 Å². The molecule has 0 radical (unpaired) electrons. The molecule has 1 aliphatic rings. The normalized spacial score (nSPS) is 15.6. The van der Waals surface area contributed by atoms with Gasteiger partial charge in [-0.3, -0.25) is 9.58 Å². The molecule has 1 N–H and O–H groups in total. The summed E-state index contributed by atoms with van der Waals surface area (Å²) in [5.41, 5.74) is 0.800. The van der Waals surface area contributed by atoms with Gasteiger partial charge in [0.2, 0.25) is 0 Å². The Morgan fingerprint density at radius 2 is 1.74 bits per heavy atom. The van der Waals surface area contributed by atoms with Gasteiger partial charge in [-0.2, -0.15) is 18.3 Å². The number of likely N-dealkylation sites (tertiary alicyclic amines) is 1. The Hall–Kier alpha value is -3.53. The number of nitrogens with zero attached hydrogens (tertiary/aromatic N) is 5. The lowest BCUT2D eigenvalue weighted by Crippen LogP contribution is -2.39. The summed E-state index contributed by atoms with van der Waals surface area (Å²) in [7, 11) is 1.86. The summed E-state index contributed by atoms with van der Waals surface area (Å²) in [5.74, 6) is -0.199. The smallest absolute Gasteiger partial charge is 0.365 e. The number of piperidine rings is 1. The van der Waals surface area contributed by atoms with E-state index in [0.29, 0.717) is 25.0 Å². The third-order valence-corrected chi connectivity index (χ3v) is 6.45. The molecule has 2 aromatic heterocycles. The van der Waals surface area contributed by atoms with Crippen molar-refractivity contribution in [2.45, 2.75) is 31.6 Å². The number of hydrogen-bond donors (Lipinski definition) is 1. The van der Waals surface area contributed by atoms with Gasteiger partial charge in [-0.25, -0.2) is 4.39 Å². The van der Waals surface area contributed by atoms with Crippen molar-refractivity contribution in [1.29, 1.82) is 0 Å². The van der Waals surface area contributed by atoms with Gasteiger partial charge < -0.3 is 5.32 Å². The Morgan fingerprint density at radius 3 is 2.43 bits per heavy atom. The minimum atomic E-state index is -4.58. The standard InChI is InChI=1S/C25H24F4N6/c1-34-22(8-11-30-34)23-19-4-2-3-5-20(19)24(33-32-23)31-18-9-12-35(13-10-18)15-16-6-7-17(26)14-21(16)25(27,28)29/h2-8,11,14,18H,9-10,12-13,15H2,1H3,(H,31,33). The van der Waals surface area contributed by atoms with E-state index in [1.54, 1.807) is 10.9 Å². The quantitative estimate of drug-likeness (QED) is 0.392. The van der Waals surface area contributed by atoms with Gasteiger partial charge in [-0.05, 0) is 36.6 Å². The minimum absolute atomic E-state index is 0.0907. The van der Waals surface area contributed by atoms with Crippen molar-refractivity contribution < 1.29 is 17.6 Å². The lowest BCUT2D eigenvalue weighted by Gasteiger charge is -2.33. The van der Waals surface area contributed by atoms with Crippen molar-refractivity contribution in [2.24, 2.45) is 7.05 Å². The number of fused-ring (bicyclic) bond motifs is 1. The predicted octanol–water partition coefficient (Wildman–Crippen LogP) is 5.26. The largest absolute Gasteiger partial charge is 0.416 e. The van der Waals surface area contributed by atoms with Crippen LogP contribution in [0.4, 0.5) is 23.4 Å². The summed E-state index contributed by atoms with van der Waals surface area (Å²) >= 11 is 0. The lowest BCUT2D eigenvalue weighted by atomic mass is 10.0. The highest BCUT2D eigenvalue weighted by molar-refractivity contribution is 5.99. The van der Waals surface area contributed by atoms with Crippen LogP contribution in [0.25, 0.3) is 22.2 Å². The number of halogens is 4. The van der Waals surface area contributed by atoms with Crippen molar-refractivity contribution in [3.63, 3.8) is 0 Å². The van der Waals surface area contributed by atoms with Crippen molar-refractivity contribution >= 4 is 16.6 Å². The second-order valence-electron chi connectivity index (χ2n) is 8.78. The first-order valence-corrected chi connectivity index (χ1v) is 11.4. The first kappa shape index (κ1) is 23.2. The molecule has 4 aromatic rings. The molecule has 0 aliphatic carbocycles. The third-order valence-electron chi connectivity index (χ3n) is 6.45. The summed E-state index contributed by atoms with van der Waals surface area (Å²) in [4.78, 5) is 1.97. The molecule has 35 heavy (non-hydrogen) atoms. The van der Waals surface area contributed by atoms with Gasteiger partial charge in [0, 0.05) is 49.7 Å². The number of aryl methyl sites for hydroxylation is 1. The highest BCUT2D eigenvalue weighted by atomic mass is 19.4. The molecule has 1 saturated heterocycles. The molecule has 0 saturated carbocycles. The van der Waals surface area contributed by atoms with E-state index < -0.39 is 17.6 Å². The molecule has 10 heteroatoms. The molecule has 5 rings (SSSR count). The zero-order valence-corrected chi connectivity index (χ0v) is 19.1. The Bertz CT molecular complexity index is 1340. The van der Waals surface area contributed by atoms with Gasteiger partial charge >= 0.3 is 6.18 Å². The molecule has 1 aliphatic heterocycles. The van der Waals surface area contributed by atoms with Crippen LogP contribution in [0, 0.1) is 5.82 Å². The second kappa shape index (κ2) is 9.26. The monoisotopic (exact) mass is 484 g/mol. The van der Waals surface area contributed by atoms with Gasteiger partial charge in [0.15, 0.2) is 5.82 Å². The van der Waals surface area contributed by atoms with Crippen LogP contribution in [-0.2, 0) is 19.8 Å². The molecule has 0 atom stereocenters. The number of hydrogen-bond acceptors (Lipinski definition) is 5. The number of rotatable bonds is 5. The lowest BCUT2D eigenvalue weighted by molar-refractivity contribution is -0.138. The van der Waals surface area contributed by atoms with Crippen LogP contribution in [0.3, 0.4) is 0 Å². The predicted molar refractivity (Wildman–Crippen MR) is 125 cm³/mol. The van der Waals surface area contributed by atoms with Gasteiger partial charge in [-0.15, -0.1) is 10.2 Å². The fourth-order valence-electron chi connectivity index (χ4n) is 4.63. The van der Waals surface area contributed by atoms with E-state index in [-0.39, 0.29) is 18.2 Å². The van der Waals surface area contributed by atoms with Crippen LogP contribution in [0.1, 0.15) is 24.0 Å². The number of benzene rings is 2. The maximum atomic E-state index is 13.4. The SMILES string of the molecule is Cn1nccc1-c1nnc(NC2CCN(Cc3ccc(F)cc3C(F)(F)F)CC2)c2ccccc12. The van der Waals surface area contributed by atoms with E-state index in [1.165, 1.54) is 6.07 Å². The molecule has 0 bridgehead atoms. The topological polar surface area (TPSA) is 58.9 Å². The van der Waals surface area contributed by atoms with Crippen LogP contribution in [0.15, 0.2) is 54.7 Å². The zero-order chi connectivity index (χ0) is 24.6. The zero-order valence-electron chi connectivity index (χ0n) is 19.1. The number of aromatic nitrogens is 4. The molecule has 2 aromatic carbocycles. The molecular weight excluding hydrogens is 460 g/mol. The first-order valence-electron chi connectivity index (χ1n) is 11.4. The molecule has 6 nitrogen and oxygen atoms in total. The average Bonchev–Trinajstić information content (AvgIpc) is 3.26. The van der Waals surface area contributed by atoms with Crippen LogP contribution in [0.5, 0.6) is 0 Å². The van der Waals surface area contributed by atoms with Crippen LogP contribution >= 0.6 is 0 Å². The van der Waals surface area contributed by atoms with E-state index in [9.17, 15) is 17.6 Å². The summed E-state index contributed by atoms with van der Waals surface area (Å²) in [6.07, 6.45) is -1.39. The van der Waals surface area contributed by atoms with Crippen molar-refractivity contribution in [2.75, 3.05) is 18.4 Å². The van der Waals surface area contributed by atoms with Crippen LogP contribution in [-0.4, -0.2) is 44.0 Å². The number of nitrogens with one attached hydrogen (secondary N) is 1. The molecular formula is C25H24F4N6. The van der Waals surface area contributed by atoms with Crippen molar-refractivity contribution in [3.8, 4) is 11.4 Å². The van der Waals surface area contributed by atoms with Crippen LogP contribution < -0.4 is 5.32 Å². The Morgan fingerprint density at radius 1 is 1.00 bits per heavy atom. The summed E-state index contributed by atoms with van der Waals surface area (Å²) < 4.78 is 55.2. The van der Waals surface area contributed by atoms with Crippen molar-refractivity contribution in [3.05, 3.63) is 71.7 Å². The maximum absolute atomic E-state index is 13.4. The van der Waals surface area contributed by atoms with E-state index >= 15 is 0 Å². The minimum Gasteiger partial charge on any atom is -0.365 e. The van der Waals surface area contributed by atoms with E-state index in [2.05, 4.69) is 20.6 Å². The summed E-state index contributed by atoms with van der Waals surface area (Å²) in [6, 6.07) is 12.8. The highest BCUT2D eigenvalue weighted by Crippen LogP contribution is 2.34. The van der Waals surface area contributed by atoms with E-state index in [0.717, 1.165) is 41.1 Å². The highest BCUT2D eigenvalue weighted by Gasteiger charge is 2.34. The maximum Gasteiger partial charge on any atom is 0.416 e. The molecule has 1 fully saturated rings. The van der Waals surface area contributed by atoms with Gasteiger partial charge in [0.1, 0.15) is 11.5 Å². The second-order valence-corrected chi connectivity index (χ2v) is 8.78. The fraction of sp³-hybridized carbons (Fsp3) is 0.320. The molecule has 0 unspecified atom stereocenters. The average molecular weight is 485 g/mol. The molecule has 182 valence electrons. The molecule has 0 spiro atoms. The fourth-order valence-corrected chi connectivity index (χ4v) is 4.63. The van der Waals surface area contributed by atoms with E-state index in [4.69, 9.17) is 0 Å². The third kappa shape index (κ3) is 4.84. The Kier molecular flexibility index (Phi) is 6.14.